The van der Waals surface area contributed by atoms with Crippen molar-refractivity contribution in [1.82, 2.24) is 4.98 Å². The molecule has 2 rings (SSSR count). The number of hydrogen-bond acceptors (Lipinski definition) is 3. The molecule has 0 saturated carbocycles. The molecule has 0 spiro atoms. The van der Waals surface area contributed by atoms with Gasteiger partial charge < -0.3 is 9.31 Å². The molecule has 0 aromatic carbocycles. The first-order chi connectivity index (χ1) is 9.78. The van der Waals surface area contributed by atoms with E-state index in [0.717, 1.165) is 0 Å². The quantitative estimate of drug-likeness (QED) is 0.725. The Morgan fingerprint density at radius 2 is 1.94 bits per heavy atom. The summed E-state index contributed by atoms with van der Waals surface area (Å²) in [5, 5.41) is -0.224. The summed E-state index contributed by atoms with van der Waals surface area (Å²) in [5.41, 5.74) is -1.81. The van der Waals surface area contributed by atoms with E-state index < -0.39 is 31.3 Å². The van der Waals surface area contributed by atoms with Gasteiger partial charge in [0.1, 0.15) is 0 Å². The highest BCUT2D eigenvalue weighted by molar-refractivity contribution is 6.62. The number of halogens is 1. The predicted molar refractivity (Wildman–Crippen MR) is 69.7 cm³/mol. The zero-order valence-corrected chi connectivity index (χ0v) is 11.0. The molecule has 0 unspecified atom stereocenters. The fraction of sp³-hybridized carbons (Fsp3) is 0.583. The SMILES string of the molecule is [2H]c1nc(C([2H])([2H])[2H])c(B2OC(C)(C)C(C)(C)O2)c([2H])c1Cl. The van der Waals surface area contributed by atoms with Crippen LogP contribution in [-0.4, -0.2) is 23.3 Å². The third kappa shape index (κ3) is 2.22. The Morgan fingerprint density at radius 3 is 2.47 bits per heavy atom. The van der Waals surface area contributed by atoms with Crippen LogP contribution in [0.3, 0.4) is 0 Å². The highest BCUT2D eigenvalue weighted by atomic mass is 35.5. The number of rotatable bonds is 1. The summed E-state index contributed by atoms with van der Waals surface area (Å²) in [6, 6.07) is -0.300. The van der Waals surface area contributed by atoms with Crippen LogP contribution < -0.4 is 5.46 Å². The van der Waals surface area contributed by atoms with E-state index in [1.54, 1.807) is 0 Å². The molecule has 92 valence electrons. The number of pyridine rings is 1. The van der Waals surface area contributed by atoms with Crippen LogP contribution in [0.2, 0.25) is 5.02 Å². The van der Waals surface area contributed by atoms with Gasteiger partial charge in [0, 0.05) is 21.4 Å². The second-order valence-electron chi connectivity index (χ2n) is 5.01. The van der Waals surface area contributed by atoms with Crippen molar-refractivity contribution in [2.45, 2.75) is 45.7 Å². The summed E-state index contributed by atoms with van der Waals surface area (Å²) in [7, 11) is -1.07. The monoisotopic (exact) mass is 258 g/mol. The van der Waals surface area contributed by atoms with Crippen LogP contribution in [0.15, 0.2) is 12.2 Å². The maximum absolute atomic E-state index is 8.08. The first-order valence-electron chi connectivity index (χ1n) is 7.80. The molecule has 1 fully saturated rings. The van der Waals surface area contributed by atoms with E-state index >= 15 is 0 Å². The summed E-state index contributed by atoms with van der Waals surface area (Å²) < 4.78 is 50.1. The van der Waals surface area contributed by atoms with Crippen LogP contribution in [0.25, 0.3) is 0 Å². The summed E-state index contributed by atoms with van der Waals surface area (Å²) >= 11 is 5.89. The molecule has 17 heavy (non-hydrogen) atoms. The standard InChI is InChI=1S/C12H17BClNO2/c1-8-10(6-9(14)7-15-8)13-16-11(2,3)12(4,5)17-13/h6-7H,1-5H3/i1D3,6D,7D. The Balaban J connectivity index is 2.64. The van der Waals surface area contributed by atoms with E-state index in [9.17, 15) is 0 Å². The van der Waals surface area contributed by atoms with Crippen LogP contribution in [0.4, 0.5) is 0 Å². The van der Waals surface area contributed by atoms with Crippen molar-refractivity contribution in [3.8, 4) is 0 Å². The van der Waals surface area contributed by atoms with Gasteiger partial charge in [0.05, 0.1) is 19.0 Å². The minimum atomic E-state index is -2.60. The zero-order valence-electron chi connectivity index (χ0n) is 15.2. The van der Waals surface area contributed by atoms with Crippen molar-refractivity contribution in [2.24, 2.45) is 0 Å². The molecule has 0 atom stereocenters. The summed E-state index contributed by atoms with van der Waals surface area (Å²) in [6.07, 6.45) is -0.446. The average molecular weight is 259 g/mol. The molecule has 5 heteroatoms. The van der Waals surface area contributed by atoms with Gasteiger partial charge in [0.15, 0.2) is 0 Å². The molecular weight excluding hydrogens is 236 g/mol. The normalized spacial score (nSPS) is 26.9. The van der Waals surface area contributed by atoms with Crippen LogP contribution >= 0.6 is 11.6 Å². The first kappa shape index (κ1) is 7.77. The van der Waals surface area contributed by atoms with Crippen LogP contribution in [0.1, 0.15) is 40.2 Å². The van der Waals surface area contributed by atoms with Crippen molar-refractivity contribution in [2.75, 3.05) is 0 Å². The lowest BCUT2D eigenvalue weighted by molar-refractivity contribution is 0.00578. The Kier molecular flexibility index (Phi) is 1.82. The highest BCUT2D eigenvalue weighted by Gasteiger charge is 2.52. The van der Waals surface area contributed by atoms with Gasteiger partial charge in [-0.15, -0.1) is 0 Å². The molecule has 0 aliphatic carbocycles. The molecule has 1 saturated heterocycles. The first-order valence-corrected chi connectivity index (χ1v) is 5.68. The fourth-order valence-corrected chi connectivity index (χ4v) is 1.65. The van der Waals surface area contributed by atoms with E-state index in [1.165, 1.54) is 0 Å². The van der Waals surface area contributed by atoms with Gasteiger partial charge in [-0.3, -0.25) is 4.98 Å². The lowest BCUT2D eigenvalue weighted by Crippen LogP contribution is -2.41. The summed E-state index contributed by atoms with van der Waals surface area (Å²) in [5.74, 6) is 0. The predicted octanol–water partition coefficient (Wildman–Crippen LogP) is 2.34. The Hall–Kier alpha value is -0.575. The lowest BCUT2D eigenvalue weighted by Gasteiger charge is -2.32. The van der Waals surface area contributed by atoms with Gasteiger partial charge in [0.2, 0.25) is 0 Å². The molecule has 0 amide bonds. The van der Waals surface area contributed by atoms with Crippen molar-refractivity contribution in [3.05, 3.63) is 22.9 Å². The van der Waals surface area contributed by atoms with Crippen LogP contribution in [0, 0.1) is 6.85 Å². The maximum atomic E-state index is 8.08. The molecular formula is C12H17BClNO2. The molecule has 3 nitrogen and oxygen atoms in total. The van der Waals surface area contributed by atoms with Crippen molar-refractivity contribution in [3.63, 3.8) is 0 Å². The lowest BCUT2D eigenvalue weighted by atomic mass is 9.78. The number of nitrogens with zero attached hydrogens (tertiary/aromatic N) is 1. The van der Waals surface area contributed by atoms with E-state index in [1.807, 2.05) is 27.7 Å². The molecule has 1 aromatic heterocycles. The van der Waals surface area contributed by atoms with Crippen LogP contribution in [-0.2, 0) is 9.31 Å². The fourth-order valence-electron chi connectivity index (χ4n) is 1.50. The topological polar surface area (TPSA) is 31.4 Å². The van der Waals surface area contributed by atoms with E-state index in [-0.39, 0.29) is 22.2 Å². The smallest absolute Gasteiger partial charge is 0.399 e. The zero-order chi connectivity index (χ0) is 17.1. The second-order valence-corrected chi connectivity index (χ2v) is 5.39. The van der Waals surface area contributed by atoms with Gasteiger partial charge in [-0.25, -0.2) is 0 Å². The molecule has 0 radical (unpaired) electrons. The minimum absolute atomic E-state index is 0.0420. The molecule has 2 heterocycles. The van der Waals surface area contributed by atoms with E-state index in [2.05, 4.69) is 4.98 Å². The molecule has 0 N–H and O–H groups in total. The number of aromatic nitrogens is 1. The van der Waals surface area contributed by atoms with Crippen molar-refractivity contribution >= 4 is 24.2 Å². The maximum Gasteiger partial charge on any atom is 0.496 e. The van der Waals surface area contributed by atoms with E-state index in [4.69, 9.17) is 27.8 Å². The number of hydrogen-bond donors (Lipinski definition) is 0. The molecule has 1 aliphatic rings. The van der Waals surface area contributed by atoms with Crippen molar-refractivity contribution < 1.29 is 16.2 Å². The minimum Gasteiger partial charge on any atom is -0.399 e. The Morgan fingerprint density at radius 1 is 1.35 bits per heavy atom. The molecule has 1 aromatic rings. The third-order valence-electron chi connectivity index (χ3n) is 3.25. The molecule has 1 aliphatic heterocycles. The van der Waals surface area contributed by atoms with Gasteiger partial charge in [-0.05, 0) is 40.6 Å². The van der Waals surface area contributed by atoms with Gasteiger partial charge >= 0.3 is 7.12 Å². The van der Waals surface area contributed by atoms with Gasteiger partial charge in [0.25, 0.3) is 0 Å². The third-order valence-corrected chi connectivity index (χ3v) is 3.43. The van der Waals surface area contributed by atoms with Crippen LogP contribution in [0.5, 0.6) is 0 Å². The van der Waals surface area contributed by atoms with E-state index in [0.29, 0.717) is 0 Å². The highest BCUT2D eigenvalue weighted by Crippen LogP contribution is 2.36. The second kappa shape index (κ2) is 3.97. The van der Waals surface area contributed by atoms with Crippen molar-refractivity contribution in [1.29, 1.82) is 0 Å². The average Bonchev–Trinajstić information content (AvgIpc) is 2.53. The Bertz CT molecular complexity index is 605. The summed E-state index contributed by atoms with van der Waals surface area (Å²) in [4.78, 5) is 3.74. The number of aryl methyl sites for hydroxylation is 1. The summed E-state index contributed by atoms with van der Waals surface area (Å²) in [6.45, 7) is 4.67. The molecule has 0 bridgehead atoms. The largest absolute Gasteiger partial charge is 0.496 e. The van der Waals surface area contributed by atoms with Gasteiger partial charge in [-0.1, -0.05) is 11.6 Å². The Labute approximate surface area is 115 Å². The van der Waals surface area contributed by atoms with Gasteiger partial charge in [-0.2, -0.15) is 0 Å².